The number of rotatable bonds is 4. The molecule has 2 heterocycles. The standard InChI is InChI=1S/C17H20N5/c1-4-22-17-14(16(18)19-10-20-17)15(21-22)13-7-5-12(6-8-13)9-11(2)3/h5-8,10-11H,1,4,9H2,2-3H3,(H2,18,19,20). The van der Waals surface area contributed by atoms with E-state index in [1.54, 1.807) is 4.68 Å². The van der Waals surface area contributed by atoms with Gasteiger partial charge in [0.2, 0.25) is 0 Å². The molecule has 0 fully saturated rings. The minimum Gasteiger partial charge on any atom is -0.383 e. The molecule has 2 aromatic heterocycles. The molecule has 22 heavy (non-hydrogen) atoms. The van der Waals surface area contributed by atoms with E-state index in [-0.39, 0.29) is 0 Å². The van der Waals surface area contributed by atoms with Crippen LogP contribution in [0.25, 0.3) is 22.3 Å². The van der Waals surface area contributed by atoms with Crippen LogP contribution in [-0.4, -0.2) is 19.7 Å². The van der Waals surface area contributed by atoms with Gasteiger partial charge >= 0.3 is 0 Å². The van der Waals surface area contributed by atoms with Gasteiger partial charge < -0.3 is 5.73 Å². The molecule has 0 atom stereocenters. The Kier molecular flexibility index (Phi) is 3.79. The molecule has 0 aliphatic rings. The van der Waals surface area contributed by atoms with E-state index in [0.29, 0.717) is 18.3 Å². The second-order valence-corrected chi connectivity index (χ2v) is 5.82. The Morgan fingerprint density at radius 3 is 2.55 bits per heavy atom. The van der Waals surface area contributed by atoms with Gasteiger partial charge in [0.25, 0.3) is 0 Å². The lowest BCUT2D eigenvalue weighted by molar-refractivity contribution is 0.647. The predicted octanol–water partition coefficient (Wildman–Crippen LogP) is 3.11. The van der Waals surface area contributed by atoms with E-state index >= 15 is 0 Å². The molecule has 113 valence electrons. The van der Waals surface area contributed by atoms with Gasteiger partial charge in [-0.3, -0.25) is 0 Å². The third kappa shape index (κ3) is 2.54. The van der Waals surface area contributed by atoms with Gasteiger partial charge in [0, 0.05) is 12.1 Å². The summed E-state index contributed by atoms with van der Waals surface area (Å²) in [4.78, 5) is 8.38. The zero-order chi connectivity index (χ0) is 15.7. The lowest BCUT2D eigenvalue weighted by Crippen LogP contribution is -1.98. The van der Waals surface area contributed by atoms with Gasteiger partial charge in [0.1, 0.15) is 17.8 Å². The molecule has 3 rings (SSSR count). The molecule has 5 heteroatoms. The summed E-state index contributed by atoms with van der Waals surface area (Å²) in [6.45, 7) is 8.82. The van der Waals surface area contributed by atoms with Crippen molar-refractivity contribution in [1.82, 2.24) is 19.7 Å². The smallest absolute Gasteiger partial charge is 0.163 e. The number of anilines is 1. The van der Waals surface area contributed by atoms with Gasteiger partial charge in [0.15, 0.2) is 5.65 Å². The van der Waals surface area contributed by atoms with Crippen molar-refractivity contribution >= 4 is 16.9 Å². The highest BCUT2D eigenvalue weighted by Crippen LogP contribution is 2.30. The topological polar surface area (TPSA) is 69.6 Å². The van der Waals surface area contributed by atoms with Crippen molar-refractivity contribution in [2.75, 3.05) is 5.73 Å². The molecule has 0 bridgehead atoms. The van der Waals surface area contributed by atoms with Crippen molar-refractivity contribution < 1.29 is 0 Å². The lowest BCUT2D eigenvalue weighted by atomic mass is 10.0. The second-order valence-electron chi connectivity index (χ2n) is 5.82. The monoisotopic (exact) mass is 294 g/mol. The Morgan fingerprint density at radius 2 is 1.91 bits per heavy atom. The summed E-state index contributed by atoms with van der Waals surface area (Å²) in [5, 5.41) is 5.40. The molecule has 0 saturated carbocycles. The van der Waals surface area contributed by atoms with Gasteiger partial charge in [-0.05, 0) is 24.8 Å². The third-order valence-electron chi connectivity index (χ3n) is 3.64. The Labute approximate surface area is 130 Å². The number of hydrogen-bond acceptors (Lipinski definition) is 4. The normalized spacial score (nSPS) is 11.5. The van der Waals surface area contributed by atoms with Crippen molar-refractivity contribution in [3.05, 3.63) is 43.1 Å². The average molecular weight is 294 g/mol. The molecule has 0 amide bonds. The van der Waals surface area contributed by atoms with E-state index in [4.69, 9.17) is 5.73 Å². The van der Waals surface area contributed by atoms with Gasteiger partial charge in [-0.1, -0.05) is 38.1 Å². The van der Waals surface area contributed by atoms with Crippen molar-refractivity contribution in [3.63, 3.8) is 0 Å². The summed E-state index contributed by atoms with van der Waals surface area (Å²) in [6.07, 6.45) is 2.53. The summed E-state index contributed by atoms with van der Waals surface area (Å²) in [5.41, 5.74) is 9.91. The van der Waals surface area contributed by atoms with Crippen molar-refractivity contribution in [2.45, 2.75) is 26.8 Å². The van der Waals surface area contributed by atoms with E-state index in [1.807, 2.05) is 0 Å². The molecule has 0 unspecified atom stereocenters. The maximum atomic E-state index is 6.03. The van der Waals surface area contributed by atoms with Crippen LogP contribution in [0.4, 0.5) is 5.82 Å². The number of aromatic nitrogens is 4. The molecule has 3 aromatic rings. The highest BCUT2D eigenvalue weighted by atomic mass is 15.3. The lowest BCUT2D eigenvalue weighted by Gasteiger charge is -2.06. The fraction of sp³-hybridized carbons (Fsp3) is 0.294. The third-order valence-corrected chi connectivity index (χ3v) is 3.64. The van der Waals surface area contributed by atoms with Crippen molar-refractivity contribution in [1.29, 1.82) is 0 Å². The van der Waals surface area contributed by atoms with Crippen LogP contribution in [0.3, 0.4) is 0 Å². The number of nitrogens with two attached hydrogens (primary N) is 1. The number of nitrogens with zero attached hydrogens (tertiary/aromatic N) is 4. The maximum absolute atomic E-state index is 6.03. The highest BCUT2D eigenvalue weighted by Gasteiger charge is 2.16. The maximum Gasteiger partial charge on any atom is 0.163 e. The predicted molar refractivity (Wildman–Crippen MR) is 89.1 cm³/mol. The van der Waals surface area contributed by atoms with Crippen LogP contribution in [0.5, 0.6) is 0 Å². The molecule has 0 spiro atoms. The molecule has 0 aliphatic carbocycles. The molecule has 1 radical (unpaired) electrons. The number of benzene rings is 1. The summed E-state index contributed by atoms with van der Waals surface area (Å²) in [5.74, 6) is 1.09. The van der Waals surface area contributed by atoms with E-state index in [2.05, 4.69) is 60.1 Å². The summed E-state index contributed by atoms with van der Waals surface area (Å²) in [7, 11) is 0. The van der Waals surface area contributed by atoms with Crippen LogP contribution in [0.1, 0.15) is 19.4 Å². The van der Waals surface area contributed by atoms with Gasteiger partial charge in [-0.15, -0.1) is 0 Å². The number of fused-ring (bicyclic) bond motifs is 1. The van der Waals surface area contributed by atoms with Gasteiger partial charge in [0.05, 0.1) is 5.39 Å². The van der Waals surface area contributed by atoms with Crippen LogP contribution in [-0.2, 0) is 13.0 Å². The van der Waals surface area contributed by atoms with E-state index < -0.39 is 0 Å². The summed E-state index contributed by atoms with van der Waals surface area (Å²) < 4.78 is 1.75. The second kappa shape index (κ2) is 5.75. The van der Waals surface area contributed by atoms with Crippen molar-refractivity contribution in [3.8, 4) is 11.3 Å². The molecule has 0 saturated heterocycles. The fourth-order valence-corrected chi connectivity index (χ4v) is 2.66. The Morgan fingerprint density at radius 1 is 1.18 bits per heavy atom. The Balaban J connectivity index is 2.10. The van der Waals surface area contributed by atoms with Gasteiger partial charge in [-0.25, -0.2) is 14.6 Å². The minimum atomic E-state index is 0.450. The van der Waals surface area contributed by atoms with E-state index in [0.717, 1.165) is 28.7 Å². The molecular formula is C17H20N5. The van der Waals surface area contributed by atoms with Gasteiger partial charge in [-0.2, -0.15) is 5.10 Å². The van der Waals surface area contributed by atoms with E-state index in [1.165, 1.54) is 11.9 Å². The zero-order valence-corrected chi connectivity index (χ0v) is 13.0. The molecule has 1 aromatic carbocycles. The van der Waals surface area contributed by atoms with Crippen LogP contribution >= 0.6 is 0 Å². The van der Waals surface area contributed by atoms with Crippen molar-refractivity contribution in [2.24, 2.45) is 5.92 Å². The molecular weight excluding hydrogens is 274 g/mol. The van der Waals surface area contributed by atoms with Crippen LogP contribution in [0.2, 0.25) is 0 Å². The molecule has 2 N–H and O–H groups in total. The first-order chi connectivity index (χ1) is 10.6. The Hall–Kier alpha value is -2.43. The summed E-state index contributed by atoms with van der Waals surface area (Å²) in [6, 6.07) is 8.45. The van der Waals surface area contributed by atoms with Crippen LogP contribution in [0.15, 0.2) is 30.6 Å². The molecule has 0 aliphatic heterocycles. The fourth-order valence-electron chi connectivity index (χ4n) is 2.66. The number of hydrogen-bond donors (Lipinski definition) is 1. The van der Waals surface area contributed by atoms with Crippen LogP contribution < -0.4 is 5.73 Å². The largest absolute Gasteiger partial charge is 0.383 e. The first kappa shape index (κ1) is 14.5. The SMILES string of the molecule is [CH2]Cn1nc(-c2ccc(CC(C)C)cc2)c2c(N)ncnc21. The number of nitrogen functional groups attached to an aromatic ring is 1. The highest BCUT2D eigenvalue weighted by molar-refractivity contribution is 5.98. The first-order valence-corrected chi connectivity index (χ1v) is 7.45. The molecule has 5 nitrogen and oxygen atoms in total. The zero-order valence-electron chi connectivity index (χ0n) is 13.0. The minimum absolute atomic E-state index is 0.450. The quantitative estimate of drug-likeness (QED) is 0.802. The van der Waals surface area contributed by atoms with Crippen LogP contribution in [0, 0.1) is 12.8 Å². The average Bonchev–Trinajstić information content (AvgIpc) is 2.88. The Bertz CT molecular complexity index is 787. The van der Waals surface area contributed by atoms with E-state index in [9.17, 15) is 0 Å². The first-order valence-electron chi connectivity index (χ1n) is 7.45. The summed E-state index contributed by atoms with van der Waals surface area (Å²) >= 11 is 0.